The van der Waals surface area contributed by atoms with E-state index in [4.69, 9.17) is 0 Å². The van der Waals surface area contributed by atoms with Crippen LogP contribution in [0.4, 0.5) is 87.8 Å². The molecule has 0 amide bonds. The largest absolute Gasteiger partial charge is 0.252 e. The Morgan fingerprint density at radius 1 is 0.403 bits per heavy atom. The number of halogens is 20. The van der Waals surface area contributed by atoms with Crippen LogP contribution in [0.3, 0.4) is 0 Å². The van der Waals surface area contributed by atoms with Crippen LogP contribution in [0.2, 0.25) is 0 Å². The van der Waals surface area contributed by atoms with E-state index in [-0.39, 0.29) is 5.41 Å². The SMILES string of the molecule is CC(C)(C)c1cncc[n+]1Cc1ccccc1.Fc1c(F)c(F)c([B-](c2c(F)c(F)c(F)c(F)c2F)(c2c(F)c(F)c(F)c(F)c2F)c2c(F)c(F)c(F)c(F)c2F)c(F)c1F. The predicted molar refractivity (Wildman–Crippen MR) is 178 cm³/mol. The molecule has 0 fully saturated rings. The third-order valence-corrected chi connectivity index (χ3v) is 9.51. The van der Waals surface area contributed by atoms with Gasteiger partial charge in [0.1, 0.15) is 52.7 Å². The van der Waals surface area contributed by atoms with Gasteiger partial charge in [0.15, 0.2) is 82.5 Å². The van der Waals surface area contributed by atoms with Gasteiger partial charge in [-0.3, -0.25) is 4.98 Å². The Balaban J connectivity index is 0.000000355. The molecular formula is C39H19BF20N2. The molecule has 0 saturated heterocycles. The average molecular weight is 906 g/mol. The van der Waals surface area contributed by atoms with Crippen molar-refractivity contribution in [3.63, 3.8) is 0 Å². The molecule has 6 aromatic rings. The van der Waals surface area contributed by atoms with Gasteiger partial charge in [-0.05, 0) is 0 Å². The van der Waals surface area contributed by atoms with Gasteiger partial charge in [0.05, 0.1) is 12.4 Å². The monoisotopic (exact) mass is 906 g/mol. The van der Waals surface area contributed by atoms with E-state index in [1.165, 1.54) is 11.3 Å². The number of benzene rings is 5. The fraction of sp³-hybridized carbons (Fsp3) is 0.128. The summed E-state index contributed by atoms with van der Waals surface area (Å²) in [6.45, 7) is 7.54. The van der Waals surface area contributed by atoms with Gasteiger partial charge in [-0.15, -0.1) is 21.9 Å². The summed E-state index contributed by atoms with van der Waals surface area (Å²) in [4.78, 5) is 4.23. The second-order valence-corrected chi connectivity index (χ2v) is 14.1. The van der Waals surface area contributed by atoms with E-state index < -0.39 is 144 Å². The number of hydrogen-bond acceptors (Lipinski definition) is 1. The summed E-state index contributed by atoms with van der Waals surface area (Å²) in [6.07, 6.45) is -1.36. The molecule has 328 valence electrons. The second-order valence-electron chi connectivity index (χ2n) is 14.1. The summed E-state index contributed by atoms with van der Waals surface area (Å²) >= 11 is 0. The zero-order valence-corrected chi connectivity index (χ0v) is 30.9. The molecule has 0 saturated carbocycles. The number of aromatic nitrogens is 2. The van der Waals surface area contributed by atoms with Gasteiger partial charge in [0.2, 0.25) is 5.69 Å². The van der Waals surface area contributed by atoms with Crippen molar-refractivity contribution in [3.05, 3.63) is 177 Å². The Bertz CT molecular complexity index is 2370. The van der Waals surface area contributed by atoms with E-state index >= 15 is 35.1 Å². The van der Waals surface area contributed by atoms with Gasteiger partial charge in [-0.25, -0.2) is 87.8 Å². The van der Waals surface area contributed by atoms with Crippen LogP contribution < -0.4 is 26.4 Å². The lowest BCUT2D eigenvalue weighted by Gasteiger charge is -2.44. The van der Waals surface area contributed by atoms with Gasteiger partial charge in [0, 0.05) is 11.0 Å². The molecule has 0 spiro atoms. The molecule has 1 aromatic heterocycles. The van der Waals surface area contributed by atoms with Crippen LogP contribution in [0.1, 0.15) is 32.0 Å². The van der Waals surface area contributed by atoms with Crippen LogP contribution in [0.15, 0.2) is 48.9 Å². The van der Waals surface area contributed by atoms with Crippen molar-refractivity contribution in [2.75, 3.05) is 0 Å². The van der Waals surface area contributed by atoms with Crippen LogP contribution in [-0.2, 0) is 12.0 Å². The highest BCUT2D eigenvalue weighted by Gasteiger charge is 2.52. The van der Waals surface area contributed by atoms with Crippen LogP contribution in [0.25, 0.3) is 0 Å². The van der Waals surface area contributed by atoms with Crippen molar-refractivity contribution in [3.8, 4) is 0 Å². The van der Waals surface area contributed by atoms with Crippen molar-refractivity contribution >= 4 is 28.0 Å². The van der Waals surface area contributed by atoms with Crippen molar-refractivity contribution in [2.24, 2.45) is 0 Å². The Kier molecular flexibility index (Phi) is 12.8. The fourth-order valence-corrected chi connectivity index (χ4v) is 6.80. The molecule has 62 heavy (non-hydrogen) atoms. The van der Waals surface area contributed by atoms with Crippen LogP contribution >= 0.6 is 0 Å². The van der Waals surface area contributed by atoms with Gasteiger partial charge in [-0.1, -0.05) is 51.1 Å². The minimum absolute atomic E-state index is 0.114. The summed E-state index contributed by atoms with van der Waals surface area (Å²) < 4.78 is 296. The van der Waals surface area contributed by atoms with Crippen molar-refractivity contribution in [2.45, 2.75) is 32.7 Å². The molecule has 0 radical (unpaired) electrons. The number of nitrogens with zero attached hydrogens (tertiary/aromatic N) is 2. The summed E-state index contributed by atoms with van der Waals surface area (Å²) in [7, 11) is 0. The zero-order valence-electron chi connectivity index (χ0n) is 30.9. The maximum absolute atomic E-state index is 15.4. The van der Waals surface area contributed by atoms with Gasteiger partial charge in [0.25, 0.3) is 0 Å². The zero-order chi connectivity index (χ0) is 46.7. The first-order valence-electron chi connectivity index (χ1n) is 16.9. The first-order valence-corrected chi connectivity index (χ1v) is 16.9. The third kappa shape index (κ3) is 7.37. The Labute approximate surface area is 334 Å². The van der Waals surface area contributed by atoms with E-state index in [1.54, 1.807) is 0 Å². The first-order chi connectivity index (χ1) is 28.8. The lowest BCUT2D eigenvalue weighted by atomic mass is 9.12. The molecule has 0 aliphatic heterocycles. The minimum atomic E-state index is -7.22. The van der Waals surface area contributed by atoms with E-state index in [9.17, 15) is 52.7 Å². The van der Waals surface area contributed by atoms with E-state index in [0.717, 1.165) is 6.54 Å². The maximum atomic E-state index is 15.4. The Hall–Kier alpha value is -6.16. The molecule has 0 N–H and O–H groups in total. The van der Waals surface area contributed by atoms with Crippen LogP contribution in [0.5, 0.6) is 0 Å². The predicted octanol–water partition coefficient (Wildman–Crippen LogP) is 8.56. The maximum Gasteiger partial charge on any atom is 0.205 e. The molecule has 0 bridgehead atoms. The topological polar surface area (TPSA) is 16.8 Å². The number of rotatable bonds is 6. The molecule has 0 aliphatic carbocycles. The lowest BCUT2D eigenvalue weighted by molar-refractivity contribution is -0.699. The lowest BCUT2D eigenvalue weighted by Crippen LogP contribution is -2.81. The first kappa shape index (κ1) is 46.9. The van der Waals surface area contributed by atoms with Gasteiger partial charge >= 0.3 is 0 Å². The molecule has 1 heterocycles. The summed E-state index contributed by atoms with van der Waals surface area (Å²) in [5, 5.41) is 0. The standard InChI is InChI=1S/C24BF20.C15H19N2/c26-5-1(6(27)14(35)21(42)13(5)34)25(2-7(28)15(36)22(43)16(37)8(2)29,3-9(30)17(38)23(44)18(39)10(3)31)4-11(32)19(40)24(45)20(41)12(4)33;1-15(2,3)14-11-16-9-10-17(14)12-13-7-5-4-6-8-13/h;4-11H,12H2,1-3H3/q-1;+1. The second kappa shape index (κ2) is 17.0. The summed E-state index contributed by atoms with van der Waals surface area (Å²) in [5.74, 6) is -71.4. The smallest absolute Gasteiger partial charge is 0.205 e. The highest BCUT2D eigenvalue weighted by Crippen LogP contribution is 2.31. The third-order valence-electron chi connectivity index (χ3n) is 9.51. The fourth-order valence-electron chi connectivity index (χ4n) is 6.80. The summed E-state index contributed by atoms with van der Waals surface area (Å²) in [6, 6.07) is 10.5. The van der Waals surface area contributed by atoms with E-state index in [2.05, 4.69) is 54.6 Å². The normalized spacial score (nSPS) is 11.9. The minimum Gasteiger partial charge on any atom is -0.252 e. The molecule has 5 aromatic carbocycles. The Morgan fingerprint density at radius 2 is 0.661 bits per heavy atom. The van der Waals surface area contributed by atoms with Gasteiger partial charge in [-0.2, -0.15) is 4.57 Å². The molecule has 0 unspecified atom stereocenters. The van der Waals surface area contributed by atoms with Crippen molar-refractivity contribution < 1.29 is 92.4 Å². The number of hydrogen-bond donors (Lipinski definition) is 0. The summed E-state index contributed by atoms with van der Waals surface area (Å²) in [5.41, 5.74) is -11.6. The molecule has 2 nitrogen and oxygen atoms in total. The molecule has 6 rings (SSSR count). The van der Waals surface area contributed by atoms with Crippen molar-refractivity contribution in [1.29, 1.82) is 0 Å². The average Bonchev–Trinajstić information content (AvgIpc) is 3.24. The van der Waals surface area contributed by atoms with Crippen molar-refractivity contribution in [1.82, 2.24) is 4.98 Å². The molecule has 0 aliphatic rings. The highest BCUT2D eigenvalue weighted by atomic mass is 19.2. The quantitative estimate of drug-likeness (QED) is 0.0539. The van der Waals surface area contributed by atoms with E-state index in [0.29, 0.717) is 0 Å². The Morgan fingerprint density at radius 3 is 0.919 bits per heavy atom. The van der Waals surface area contributed by atoms with Crippen LogP contribution in [-0.4, -0.2) is 11.1 Å². The highest BCUT2D eigenvalue weighted by molar-refractivity contribution is 7.20. The van der Waals surface area contributed by atoms with Gasteiger partial charge < -0.3 is 0 Å². The molecular weight excluding hydrogens is 887 g/mol. The van der Waals surface area contributed by atoms with Crippen LogP contribution in [0, 0.1) is 116 Å². The van der Waals surface area contributed by atoms with E-state index in [1.807, 2.05) is 24.7 Å². The molecule has 23 heteroatoms. The molecule has 0 atom stereocenters.